The quantitative estimate of drug-likeness (QED) is 0.817. The molecule has 0 radical (unpaired) electrons. The van der Waals surface area contributed by atoms with Crippen molar-refractivity contribution >= 4 is 11.0 Å². The first-order chi connectivity index (χ1) is 8.79. The van der Waals surface area contributed by atoms with E-state index in [1.807, 2.05) is 32.0 Å². The lowest BCUT2D eigenvalue weighted by atomic mass is 10.3. The summed E-state index contributed by atoms with van der Waals surface area (Å²) in [7, 11) is 0. The molecule has 0 saturated heterocycles. The predicted octanol–water partition coefficient (Wildman–Crippen LogP) is 2.88. The first kappa shape index (κ1) is 11.7. The van der Waals surface area contributed by atoms with Crippen LogP contribution in [0.25, 0.3) is 11.0 Å². The summed E-state index contributed by atoms with van der Waals surface area (Å²) >= 11 is 0. The Morgan fingerprint density at radius 3 is 3.11 bits per heavy atom. The van der Waals surface area contributed by atoms with Crippen molar-refractivity contribution in [3.05, 3.63) is 30.1 Å². The van der Waals surface area contributed by atoms with Gasteiger partial charge >= 0.3 is 0 Å². The zero-order valence-electron chi connectivity index (χ0n) is 10.8. The first-order valence-electron chi connectivity index (χ1n) is 6.52. The molecule has 18 heavy (non-hydrogen) atoms. The highest BCUT2D eigenvalue weighted by molar-refractivity contribution is 5.76. The minimum Gasteiger partial charge on any atom is -0.353 e. The topological polar surface area (TPSA) is 36.3 Å². The molecule has 4 heteroatoms. The molecule has 4 nitrogen and oxygen atoms in total. The molecule has 0 saturated carbocycles. The summed E-state index contributed by atoms with van der Waals surface area (Å²) in [4.78, 5) is 4.67. The van der Waals surface area contributed by atoms with Gasteiger partial charge in [0.25, 0.3) is 0 Å². The molecule has 0 aliphatic carbocycles. The molecule has 0 fully saturated rings. The molecule has 0 spiro atoms. The Labute approximate surface area is 107 Å². The molecule has 2 aromatic rings. The molecule has 1 aliphatic heterocycles. The van der Waals surface area contributed by atoms with Crippen LogP contribution in [0.5, 0.6) is 0 Å². The van der Waals surface area contributed by atoms with Crippen LogP contribution in [0.1, 0.15) is 32.2 Å². The van der Waals surface area contributed by atoms with Crippen LogP contribution in [0.2, 0.25) is 0 Å². The number of para-hydroxylation sites is 2. The zero-order valence-corrected chi connectivity index (χ0v) is 10.8. The monoisotopic (exact) mass is 246 g/mol. The van der Waals surface area contributed by atoms with Gasteiger partial charge in [0.2, 0.25) is 0 Å². The minimum atomic E-state index is -0.120. The van der Waals surface area contributed by atoms with E-state index >= 15 is 0 Å². The molecular weight excluding hydrogens is 228 g/mol. The second-order valence-electron chi connectivity index (χ2n) is 4.56. The van der Waals surface area contributed by atoms with Gasteiger partial charge < -0.3 is 14.0 Å². The maximum atomic E-state index is 5.90. The fraction of sp³-hybridized carbons (Fsp3) is 0.500. The molecular formula is C14H18N2O2. The van der Waals surface area contributed by atoms with Crippen molar-refractivity contribution in [1.82, 2.24) is 9.55 Å². The second-order valence-corrected chi connectivity index (χ2v) is 4.56. The molecule has 1 aromatic carbocycles. The third-order valence-corrected chi connectivity index (χ3v) is 3.34. The summed E-state index contributed by atoms with van der Waals surface area (Å²) in [5, 5.41) is 0. The van der Waals surface area contributed by atoms with Crippen molar-refractivity contribution in [3.63, 3.8) is 0 Å². The Morgan fingerprint density at radius 1 is 1.44 bits per heavy atom. The van der Waals surface area contributed by atoms with Gasteiger partial charge in [0, 0.05) is 19.6 Å². The molecule has 0 amide bonds. The number of hydrogen-bond donors (Lipinski definition) is 0. The minimum absolute atomic E-state index is 0.0311. The van der Waals surface area contributed by atoms with E-state index in [4.69, 9.17) is 9.47 Å². The third kappa shape index (κ3) is 1.91. The number of benzene rings is 1. The van der Waals surface area contributed by atoms with E-state index in [9.17, 15) is 0 Å². The van der Waals surface area contributed by atoms with E-state index in [1.165, 1.54) is 5.52 Å². The smallest absolute Gasteiger partial charge is 0.160 e. The van der Waals surface area contributed by atoms with Gasteiger partial charge in [-0.2, -0.15) is 0 Å². The number of imidazole rings is 1. The second kappa shape index (κ2) is 4.71. The summed E-state index contributed by atoms with van der Waals surface area (Å²) in [6.45, 7) is 5.60. The number of nitrogens with zero attached hydrogens (tertiary/aromatic N) is 2. The molecule has 3 rings (SSSR count). The average Bonchev–Trinajstić information content (AvgIpc) is 2.67. The number of ether oxygens (including phenoxy) is 2. The predicted molar refractivity (Wildman–Crippen MR) is 69.3 cm³/mol. The largest absolute Gasteiger partial charge is 0.353 e. The van der Waals surface area contributed by atoms with Crippen LogP contribution in [0.4, 0.5) is 0 Å². The number of rotatable bonds is 2. The Morgan fingerprint density at radius 2 is 2.28 bits per heavy atom. The van der Waals surface area contributed by atoms with E-state index in [0.717, 1.165) is 24.3 Å². The molecule has 0 N–H and O–H groups in total. The highest BCUT2D eigenvalue weighted by atomic mass is 16.7. The molecule has 2 heterocycles. The van der Waals surface area contributed by atoms with Crippen LogP contribution >= 0.6 is 0 Å². The van der Waals surface area contributed by atoms with Gasteiger partial charge in [-0.25, -0.2) is 4.98 Å². The van der Waals surface area contributed by atoms with Gasteiger partial charge in [-0.05, 0) is 26.0 Å². The Hall–Kier alpha value is -1.39. The zero-order chi connectivity index (χ0) is 12.5. The molecule has 0 bridgehead atoms. The van der Waals surface area contributed by atoms with E-state index in [2.05, 4.69) is 15.6 Å². The fourth-order valence-corrected chi connectivity index (χ4v) is 2.54. The van der Waals surface area contributed by atoms with Crippen LogP contribution in [0, 0.1) is 0 Å². The van der Waals surface area contributed by atoms with E-state index < -0.39 is 0 Å². The lowest BCUT2D eigenvalue weighted by Crippen LogP contribution is -2.17. The van der Waals surface area contributed by atoms with Crippen LogP contribution in [0.3, 0.4) is 0 Å². The van der Waals surface area contributed by atoms with E-state index in [1.54, 1.807) is 0 Å². The van der Waals surface area contributed by atoms with Crippen molar-refractivity contribution in [2.24, 2.45) is 0 Å². The third-order valence-electron chi connectivity index (χ3n) is 3.34. The Balaban J connectivity index is 1.99. The van der Waals surface area contributed by atoms with Gasteiger partial charge in [-0.15, -0.1) is 0 Å². The lowest BCUT2D eigenvalue weighted by molar-refractivity contribution is -0.166. The van der Waals surface area contributed by atoms with Crippen LogP contribution in [-0.4, -0.2) is 22.4 Å². The molecule has 0 unspecified atom stereocenters. The molecule has 2 atom stereocenters. The number of hydrogen-bond acceptors (Lipinski definition) is 3. The highest BCUT2D eigenvalue weighted by Crippen LogP contribution is 2.28. The summed E-state index contributed by atoms with van der Waals surface area (Å²) < 4.78 is 13.7. The maximum absolute atomic E-state index is 5.90. The summed E-state index contributed by atoms with van der Waals surface area (Å²) in [6, 6.07) is 8.22. The fourth-order valence-electron chi connectivity index (χ4n) is 2.54. The number of aryl methyl sites for hydroxylation is 1. The van der Waals surface area contributed by atoms with Crippen molar-refractivity contribution in [2.45, 2.75) is 39.2 Å². The average molecular weight is 246 g/mol. The molecule has 1 aromatic heterocycles. The molecule has 1 aliphatic rings. The van der Waals surface area contributed by atoms with Gasteiger partial charge in [0.15, 0.2) is 6.29 Å². The maximum Gasteiger partial charge on any atom is 0.160 e. The normalized spacial score (nSPS) is 23.9. The number of aromatic nitrogens is 2. The van der Waals surface area contributed by atoms with Crippen molar-refractivity contribution in [1.29, 1.82) is 0 Å². The molecule has 96 valence electrons. The van der Waals surface area contributed by atoms with Crippen LogP contribution in [0.15, 0.2) is 24.3 Å². The standard InChI is InChI=1S/C14H18N2O2/c1-3-17-13-8-9-16-12-7-5-4-6-11(12)15-14(16)10(2)18-13/h4-7,10,13H,3,8-9H2,1-2H3/t10-,13+/m0/s1. The van der Waals surface area contributed by atoms with Gasteiger partial charge in [-0.1, -0.05) is 12.1 Å². The Kier molecular flexibility index (Phi) is 3.06. The van der Waals surface area contributed by atoms with Crippen molar-refractivity contribution < 1.29 is 9.47 Å². The van der Waals surface area contributed by atoms with E-state index in [0.29, 0.717) is 6.61 Å². The van der Waals surface area contributed by atoms with Gasteiger partial charge in [0.05, 0.1) is 11.0 Å². The van der Waals surface area contributed by atoms with Crippen molar-refractivity contribution in [3.8, 4) is 0 Å². The van der Waals surface area contributed by atoms with Crippen LogP contribution in [-0.2, 0) is 16.0 Å². The van der Waals surface area contributed by atoms with Gasteiger partial charge in [-0.3, -0.25) is 0 Å². The van der Waals surface area contributed by atoms with Crippen LogP contribution < -0.4 is 0 Å². The van der Waals surface area contributed by atoms with E-state index in [-0.39, 0.29) is 12.4 Å². The van der Waals surface area contributed by atoms with Crippen molar-refractivity contribution in [2.75, 3.05) is 6.61 Å². The lowest BCUT2D eigenvalue weighted by Gasteiger charge is -2.17. The van der Waals surface area contributed by atoms with Gasteiger partial charge in [0.1, 0.15) is 11.9 Å². The SMILES string of the molecule is CCO[C@H]1CCn2c(nc3ccccc32)[C@H](C)O1. The highest BCUT2D eigenvalue weighted by Gasteiger charge is 2.25. The summed E-state index contributed by atoms with van der Waals surface area (Å²) in [5.74, 6) is 0.999. The summed E-state index contributed by atoms with van der Waals surface area (Å²) in [6.07, 6.45) is 0.716. The summed E-state index contributed by atoms with van der Waals surface area (Å²) in [5.41, 5.74) is 2.22. The Bertz CT molecular complexity index is 550. The number of fused-ring (bicyclic) bond motifs is 3. The first-order valence-corrected chi connectivity index (χ1v) is 6.52.